The average molecular weight is 289 g/mol. The molecule has 0 fully saturated rings. The number of fused-ring (bicyclic) bond motifs is 1. The van der Waals surface area contributed by atoms with Crippen molar-refractivity contribution in [3.8, 4) is 0 Å². The Hall–Kier alpha value is -0.870. The second-order valence-corrected chi connectivity index (χ2v) is 3.81. The fourth-order valence-corrected chi connectivity index (χ4v) is 1.72. The Morgan fingerprint density at radius 1 is 1.53 bits per heavy atom. The van der Waals surface area contributed by atoms with Crippen LogP contribution < -0.4 is 0 Å². The third kappa shape index (κ3) is 2.06. The van der Waals surface area contributed by atoms with Gasteiger partial charge in [-0.1, -0.05) is 15.9 Å². The van der Waals surface area contributed by atoms with Crippen LogP contribution in [0.2, 0.25) is 0 Å². The maximum Gasteiger partial charge on any atom is 0.210 e. The van der Waals surface area contributed by atoms with E-state index < -0.39 is 0 Å². The molecule has 0 aliphatic carbocycles. The fraction of sp³-hybridized carbons (Fsp3) is 0.200. The van der Waals surface area contributed by atoms with Crippen LogP contribution in [0.3, 0.4) is 0 Å². The largest absolute Gasteiger partial charge is 0.439 e. The molecule has 1 aromatic heterocycles. The van der Waals surface area contributed by atoms with Gasteiger partial charge in [0, 0.05) is 5.56 Å². The molecule has 1 aromatic carbocycles. The molecule has 0 radical (unpaired) electrons. The van der Waals surface area contributed by atoms with E-state index >= 15 is 0 Å². The number of nitrogens with zero attached hydrogens (tertiary/aromatic N) is 1. The first-order chi connectivity index (χ1) is 7.24. The summed E-state index contributed by atoms with van der Waals surface area (Å²) in [5.74, 6) is 0.715. The van der Waals surface area contributed by atoms with Crippen molar-refractivity contribution in [1.82, 2.24) is 4.98 Å². The Morgan fingerprint density at radius 3 is 3.00 bits per heavy atom. The number of hydrogen-bond donors (Lipinski definition) is 0. The Labute approximate surface area is 99.6 Å². The van der Waals surface area contributed by atoms with E-state index in [1.165, 1.54) is 0 Å². The third-order valence-electron chi connectivity index (χ3n) is 1.99. The van der Waals surface area contributed by atoms with Crippen LogP contribution in [0.15, 0.2) is 22.6 Å². The molecule has 15 heavy (non-hydrogen) atoms. The summed E-state index contributed by atoms with van der Waals surface area (Å²) >= 11 is 8.71. The van der Waals surface area contributed by atoms with Gasteiger partial charge in [-0.3, -0.25) is 4.79 Å². The number of carbonyl (C=O) groups is 1. The first-order valence-electron chi connectivity index (χ1n) is 4.29. The van der Waals surface area contributed by atoms with Crippen LogP contribution in [0.5, 0.6) is 0 Å². The number of aromatic nitrogens is 1. The van der Waals surface area contributed by atoms with Gasteiger partial charge in [0.1, 0.15) is 5.52 Å². The predicted octanol–water partition coefficient (Wildman–Crippen LogP) is 3.14. The summed E-state index contributed by atoms with van der Waals surface area (Å²) in [5, 5.41) is 0.301. The molecule has 0 bridgehead atoms. The monoisotopic (exact) mass is 287 g/mol. The van der Waals surface area contributed by atoms with Crippen LogP contribution in [0.4, 0.5) is 0 Å². The molecule has 5 heteroatoms. The smallest absolute Gasteiger partial charge is 0.210 e. The van der Waals surface area contributed by atoms with E-state index in [0.717, 1.165) is 5.52 Å². The molecule has 1 heterocycles. The topological polar surface area (TPSA) is 43.1 Å². The van der Waals surface area contributed by atoms with Crippen molar-refractivity contribution in [3.63, 3.8) is 0 Å². The predicted molar refractivity (Wildman–Crippen MR) is 61.7 cm³/mol. The Bertz CT molecular complexity index is 509. The molecule has 0 aliphatic heterocycles. The van der Waals surface area contributed by atoms with Crippen LogP contribution in [0.1, 0.15) is 16.2 Å². The van der Waals surface area contributed by atoms with Crippen molar-refractivity contribution >= 4 is 44.4 Å². The van der Waals surface area contributed by atoms with Gasteiger partial charge in [-0.05, 0) is 18.2 Å². The van der Waals surface area contributed by atoms with E-state index in [4.69, 9.17) is 16.0 Å². The van der Waals surface area contributed by atoms with Crippen molar-refractivity contribution in [3.05, 3.63) is 29.7 Å². The zero-order chi connectivity index (χ0) is 10.8. The van der Waals surface area contributed by atoms with E-state index in [2.05, 4.69) is 20.9 Å². The standard InChI is InChI=1S/C10H7BrClNO2/c11-4-8(14)6-1-2-7-9(3-6)15-10(5-12)13-7/h1-3H,4-5H2. The molecule has 2 rings (SSSR count). The quantitative estimate of drug-likeness (QED) is 0.644. The Balaban J connectivity index is 2.50. The summed E-state index contributed by atoms with van der Waals surface area (Å²) in [6, 6.07) is 5.17. The Morgan fingerprint density at radius 2 is 2.33 bits per heavy atom. The summed E-state index contributed by atoms with van der Waals surface area (Å²) in [4.78, 5) is 15.5. The van der Waals surface area contributed by atoms with Crippen LogP contribution in [0.25, 0.3) is 11.1 Å². The van der Waals surface area contributed by atoms with Crippen LogP contribution in [0, 0.1) is 0 Å². The van der Waals surface area contributed by atoms with Crippen LogP contribution >= 0.6 is 27.5 Å². The maximum absolute atomic E-state index is 11.4. The van der Waals surface area contributed by atoms with Gasteiger partial charge >= 0.3 is 0 Å². The molecule has 0 N–H and O–H groups in total. The van der Waals surface area contributed by atoms with Crippen molar-refractivity contribution in [2.45, 2.75) is 5.88 Å². The normalized spacial score (nSPS) is 10.8. The number of hydrogen-bond acceptors (Lipinski definition) is 3. The lowest BCUT2D eigenvalue weighted by molar-refractivity contribution is 0.102. The molecular weight excluding hydrogens is 281 g/mol. The fourth-order valence-electron chi connectivity index (χ4n) is 1.28. The lowest BCUT2D eigenvalue weighted by atomic mass is 10.1. The zero-order valence-corrected chi connectivity index (χ0v) is 10.0. The molecule has 0 saturated heterocycles. The molecule has 0 atom stereocenters. The number of alkyl halides is 2. The van der Waals surface area contributed by atoms with Crippen molar-refractivity contribution in [2.24, 2.45) is 0 Å². The Kier molecular flexibility index (Phi) is 3.07. The van der Waals surface area contributed by atoms with Gasteiger partial charge < -0.3 is 4.42 Å². The number of oxazole rings is 1. The minimum atomic E-state index is 0.0146. The number of halogens is 2. The molecule has 0 unspecified atom stereocenters. The average Bonchev–Trinajstić information content (AvgIpc) is 2.69. The molecule has 0 amide bonds. The lowest BCUT2D eigenvalue weighted by Gasteiger charge is -1.94. The molecule has 0 saturated carbocycles. The van der Waals surface area contributed by atoms with E-state index in [0.29, 0.717) is 22.4 Å². The summed E-state index contributed by atoms with van der Waals surface area (Å²) < 4.78 is 5.34. The summed E-state index contributed by atoms with van der Waals surface area (Å²) in [6.07, 6.45) is 0. The van der Waals surface area contributed by atoms with Gasteiger partial charge in [0.2, 0.25) is 5.89 Å². The van der Waals surface area contributed by atoms with E-state index in [9.17, 15) is 4.79 Å². The second kappa shape index (κ2) is 4.33. The number of carbonyl (C=O) groups excluding carboxylic acids is 1. The van der Waals surface area contributed by atoms with Crippen molar-refractivity contribution < 1.29 is 9.21 Å². The van der Waals surface area contributed by atoms with Crippen molar-refractivity contribution in [2.75, 3.05) is 5.33 Å². The first kappa shape index (κ1) is 10.6. The summed E-state index contributed by atoms with van der Waals surface area (Å²) in [7, 11) is 0. The highest BCUT2D eigenvalue weighted by Gasteiger charge is 2.09. The zero-order valence-electron chi connectivity index (χ0n) is 7.67. The number of ketones is 1. The summed E-state index contributed by atoms with van der Waals surface area (Å²) in [6.45, 7) is 0. The van der Waals surface area contributed by atoms with Gasteiger partial charge in [-0.15, -0.1) is 11.6 Å². The lowest BCUT2D eigenvalue weighted by Crippen LogP contribution is -1.98. The molecule has 78 valence electrons. The highest BCUT2D eigenvalue weighted by molar-refractivity contribution is 9.09. The van der Waals surface area contributed by atoms with E-state index in [-0.39, 0.29) is 11.7 Å². The van der Waals surface area contributed by atoms with Gasteiger partial charge in [-0.25, -0.2) is 4.98 Å². The van der Waals surface area contributed by atoms with Crippen LogP contribution in [-0.2, 0) is 5.88 Å². The highest BCUT2D eigenvalue weighted by Crippen LogP contribution is 2.18. The van der Waals surface area contributed by atoms with E-state index in [1.807, 2.05) is 0 Å². The molecule has 3 nitrogen and oxygen atoms in total. The first-order valence-corrected chi connectivity index (χ1v) is 5.95. The van der Waals surface area contributed by atoms with Gasteiger partial charge in [0.15, 0.2) is 11.4 Å². The van der Waals surface area contributed by atoms with Gasteiger partial charge in [0.05, 0.1) is 11.2 Å². The molecule has 2 aromatic rings. The number of benzene rings is 1. The third-order valence-corrected chi connectivity index (χ3v) is 2.73. The highest BCUT2D eigenvalue weighted by atomic mass is 79.9. The van der Waals surface area contributed by atoms with Gasteiger partial charge in [0.25, 0.3) is 0 Å². The van der Waals surface area contributed by atoms with Gasteiger partial charge in [-0.2, -0.15) is 0 Å². The second-order valence-electron chi connectivity index (χ2n) is 2.98. The minimum Gasteiger partial charge on any atom is -0.439 e. The maximum atomic E-state index is 11.4. The summed E-state index contributed by atoms with van der Waals surface area (Å²) in [5.41, 5.74) is 1.92. The van der Waals surface area contributed by atoms with E-state index in [1.54, 1.807) is 18.2 Å². The SMILES string of the molecule is O=C(CBr)c1ccc2nc(CCl)oc2c1. The number of rotatable bonds is 3. The molecule has 0 aliphatic rings. The van der Waals surface area contributed by atoms with Crippen LogP contribution in [-0.4, -0.2) is 16.1 Å². The number of Topliss-reactive ketones (excluding diaryl/α,β-unsaturated/α-hetero) is 1. The molecular formula is C10H7BrClNO2. The minimum absolute atomic E-state index is 0.0146. The molecule has 0 spiro atoms. The van der Waals surface area contributed by atoms with Crippen molar-refractivity contribution in [1.29, 1.82) is 0 Å².